The maximum atomic E-state index is 12.1. The van der Waals surface area contributed by atoms with Crippen LogP contribution < -0.4 is 11.1 Å². The first-order valence-corrected chi connectivity index (χ1v) is 8.00. The Hall–Kier alpha value is -2.94. The van der Waals surface area contributed by atoms with Crippen LogP contribution in [-0.2, 0) is 22.6 Å². The minimum atomic E-state index is -0.573. The molecule has 1 N–H and O–H groups in total. The summed E-state index contributed by atoms with van der Waals surface area (Å²) in [6.45, 7) is 0.651. The average molecular weight is 344 g/mol. The van der Waals surface area contributed by atoms with E-state index in [0.717, 1.165) is 12.8 Å². The summed E-state index contributed by atoms with van der Waals surface area (Å²) >= 11 is 0. The van der Waals surface area contributed by atoms with Gasteiger partial charge in [-0.3, -0.25) is 9.36 Å². The van der Waals surface area contributed by atoms with Crippen molar-refractivity contribution in [2.24, 2.45) is 0 Å². The fraction of sp³-hybridized carbons (Fsp3) is 0.375. The molecule has 0 bridgehead atoms. The number of benzene rings is 1. The highest BCUT2D eigenvalue weighted by atomic mass is 16.5. The number of hydrogen-bond donors (Lipinski definition) is 1. The number of oxazole rings is 1. The molecule has 1 fully saturated rings. The van der Waals surface area contributed by atoms with Crippen LogP contribution in [0.4, 0.5) is 0 Å². The summed E-state index contributed by atoms with van der Waals surface area (Å²) in [5.74, 6) is -0.129. The van der Waals surface area contributed by atoms with Crippen molar-refractivity contribution in [3.8, 4) is 0 Å². The van der Waals surface area contributed by atoms with Crippen LogP contribution in [0.15, 0.2) is 38.0 Å². The van der Waals surface area contributed by atoms with Gasteiger partial charge in [0, 0.05) is 6.61 Å². The van der Waals surface area contributed by atoms with Crippen molar-refractivity contribution < 1.29 is 18.5 Å². The molecule has 3 heterocycles. The van der Waals surface area contributed by atoms with E-state index in [4.69, 9.17) is 13.7 Å². The van der Waals surface area contributed by atoms with Crippen molar-refractivity contribution in [2.75, 3.05) is 6.61 Å². The second-order valence-corrected chi connectivity index (χ2v) is 5.75. The molecule has 4 rings (SSSR count). The first-order valence-electron chi connectivity index (χ1n) is 8.00. The Labute approximate surface area is 141 Å². The van der Waals surface area contributed by atoms with Gasteiger partial charge in [0.25, 0.3) is 5.89 Å². The van der Waals surface area contributed by atoms with Crippen LogP contribution in [0.2, 0.25) is 0 Å². The smallest absolute Gasteiger partial charge is 0.408 e. The Morgan fingerprint density at radius 1 is 1.36 bits per heavy atom. The number of carbonyl (C=O) groups is 1. The van der Waals surface area contributed by atoms with E-state index in [1.807, 2.05) is 0 Å². The predicted molar refractivity (Wildman–Crippen MR) is 84.5 cm³/mol. The fourth-order valence-corrected chi connectivity index (χ4v) is 2.78. The van der Waals surface area contributed by atoms with Crippen LogP contribution in [0.3, 0.4) is 0 Å². The molecule has 1 atom stereocenters. The lowest BCUT2D eigenvalue weighted by molar-refractivity contribution is -0.121. The SMILES string of the molecule is O=C(Cn1c(=O)oc2ccccc21)NCc1noc([C@@H]2CCCO2)n1. The van der Waals surface area contributed by atoms with Crippen molar-refractivity contribution in [3.05, 3.63) is 46.5 Å². The highest BCUT2D eigenvalue weighted by Crippen LogP contribution is 2.26. The Morgan fingerprint density at radius 2 is 2.24 bits per heavy atom. The monoisotopic (exact) mass is 344 g/mol. The lowest BCUT2D eigenvalue weighted by atomic mass is 10.2. The van der Waals surface area contributed by atoms with E-state index in [1.165, 1.54) is 4.57 Å². The molecule has 1 saturated heterocycles. The summed E-state index contributed by atoms with van der Waals surface area (Å²) in [4.78, 5) is 28.2. The number of nitrogens with zero attached hydrogens (tertiary/aromatic N) is 3. The van der Waals surface area contributed by atoms with Crippen LogP contribution in [0.5, 0.6) is 0 Å². The number of hydrogen-bond acceptors (Lipinski definition) is 7. The molecule has 130 valence electrons. The number of fused-ring (bicyclic) bond motifs is 1. The number of para-hydroxylation sites is 2. The Balaban J connectivity index is 1.39. The number of carbonyl (C=O) groups excluding carboxylic acids is 1. The molecule has 0 radical (unpaired) electrons. The van der Waals surface area contributed by atoms with Gasteiger partial charge in [-0.1, -0.05) is 17.3 Å². The zero-order chi connectivity index (χ0) is 17.2. The van der Waals surface area contributed by atoms with Gasteiger partial charge in [-0.2, -0.15) is 4.98 Å². The van der Waals surface area contributed by atoms with Crippen LogP contribution in [0, 0.1) is 0 Å². The third kappa shape index (κ3) is 3.18. The quantitative estimate of drug-likeness (QED) is 0.738. The van der Waals surface area contributed by atoms with E-state index in [-0.39, 0.29) is 25.1 Å². The zero-order valence-corrected chi connectivity index (χ0v) is 13.3. The minimum absolute atomic E-state index is 0.111. The van der Waals surface area contributed by atoms with Gasteiger partial charge in [-0.25, -0.2) is 4.79 Å². The van der Waals surface area contributed by atoms with Crippen molar-refractivity contribution in [1.82, 2.24) is 20.0 Å². The van der Waals surface area contributed by atoms with E-state index in [2.05, 4.69) is 15.5 Å². The highest BCUT2D eigenvalue weighted by Gasteiger charge is 2.24. The van der Waals surface area contributed by atoms with Crippen molar-refractivity contribution in [3.63, 3.8) is 0 Å². The van der Waals surface area contributed by atoms with Gasteiger partial charge in [0.05, 0.1) is 12.1 Å². The fourth-order valence-electron chi connectivity index (χ4n) is 2.78. The van der Waals surface area contributed by atoms with Crippen molar-refractivity contribution in [2.45, 2.75) is 32.0 Å². The molecule has 9 nitrogen and oxygen atoms in total. The lowest BCUT2D eigenvalue weighted by Gasteiger charge is -2.03. The number of rotatable bonds is 5. The van der Waals surface area contributed by atoms with Gasteiger partial charge in [0.2, 0.25) is 5.91 Å². The second-order valence-electron chi connectivity index (χ2n) is 5.75. The van der Waals surface area contributed by atoms with Gasteiger partial charge >= 0.3 is 5.76 Å². The first kappa shape index (κ1) is 15.6. The summed E-state index contributed by atoms with van der Waals surface area (Å²) in [5, 5.41) is 6.50. The predicted octanol–water partition coefficient (Wildman–Crippen LogP) is 1.15. The molecular weight excluding hydrogens is 328 g/mol. The summed E-state index contributed by atoms with van der Waals surface area (Å²) in [7, 11) is 0. The van der Waals surface area contributed by atoms with Crippen LogP contribution in [0.25, 0.3) is 11.1 Å². The van der Waals surface area contributed by atoms with Gasteiger partial charge in [-0.15, -0.1) is 0 Å². The lowest BCUT2D eigenvalue weighted by Crippen LogP contribution is -2.30. The Bertz CT molecular complexity index is 951. The van der Waals surface area contributed by atoms with Crippen LogP contribution >= 0.6 is 0 Å². The van der Waals surface area contributed by atoms with Gasteiger partial charge in [0.1, 0.15) is 12.6 Å². The van der Waals surface area contributed by atoms with E-state index >= 15 is 0 Å². The van der Waals surface area contributed by atoms with E-state index in [0.29, 0.717) is 29.4 Å². The standard InChI is InChI=1S/C16H16N4O5/c21-14(9-20-10-4-1-2-5-11(10)24-16(20)22)17-8-13-18-15(25-19-13)12-6-3-7-23-12/h1-2,4-5,12H,3,6-9H2,(H,17,21)/t12-/m0/s1. The maximum Gasteiger partial charge on any atom is 0.420 e. The molecule has 1 aliphatic rings. The molecule has 0 saturated carbocycles. The molecule has 0 spiro atoms. The zero-order valence-electron chi connectivity index (χ0n) is 13.3. The molecule has 0 unspecified atom stereocenters. The van der Waals surface area contributed by atoms with Gasteiger partial charge < -0.3 is 19.0 Å². The van der Waals surface area contributed by atoms with Crippen LogP contribution in [-0.4, -0.2) is 27.2 Å². The minimum Gasteiger partial charge on any atom is -0.408 e. The Morgan fingerprint density at radius 3 is 3.08 bits per heavy atom. The molecule has 2 aromatic heterocycles. The van der Waals surface area contributed by atoms with Crippen molar-refractivity contribution in [1.29, 1.82) is 0 Å². The molecule has 25 heavy (non-hydrogen) atoms. The number of amides is 1. The molecule has 3 aromatic rings. The largest absolute Gasteiger partial charge is 0.420 e. The molecule has 0 aliphatic carbocycles. The van der Waals surface area contributed by atoms with Crippen LogP contribution in [0.1, 0.15) is 30.7 Å². The second kappa shape index (κ2) is 6.52. The Kier molecular flexibility index (Phi) is 4.06. The van der Waals surface area contributed by atoms with Gasteiger partial charge in [-0.05, 0) is 25.0 Å². The third-order valence-corrected chi connectivity index (χ3v) is 4.01. The molecule has 1 aliphatic heterocycles. The third-order valence-electron chi connectivity index (χ3n) is 4.01. The maximum absolute atomic E-state index is 12.1. The van der Waals surface area contributed by atoms with Crippen molar-refractivity contribution >= 4 is 17.0 Å². The summed E-state index contributed by atoms with van der Waals surface area (Å²) in [5.41, 5.74) is 1.02. The van der Waals surface area contributed by atoms with E-state index in [1.54, 1.807) is 24.3 Å². The number of ether oxygens (including phenoxy) is 1. The number of nitrogens with one attached hydrogen (secondary N) is 1. The molecule has 9 heteroatoms. The van der Waals surface area contributed by atoms with E-state index in [9.17, 15) is 9.59 Å². The molecule has 1 aromatic carbocycles. The topological polar surface area (TPSA) is 112 Å². The summed E-state index contributed by atoms with van der Waals surface area (Å²) < 4.78 is 17.0. The molecular formula is C16H16N4O5. The average Bonchev–Trinajstić information content (AvgIpc) is 3.33. The van der Waals surface area contributed by atoms with Gasteiger partial charge in [0.15, 0.2) is 11.4 Å². The highest BCUT2D eigenvalue weighted by molar-refractivity contribution is 5.79. The first-order chi connectivity index (χ1) is 12.2. The normalized spacial score (nSPS) is 17.2. The molecule has 1 amide bonds. The van der Waals surface area contributed by atoms with E-state index < -0.39 is 5.76 Å². The summed E-state index contributed by atoms with van der Waals surface area (Å²) in [6.07, 6.45) is 1.66. The summed E-state index contributed by atoms with van der Waals surface area (Å²) in [6, 6.07) is 6.94. The number of aromatic nitrogens is 3.